The molecule has 1 atom stereocenters. The number of hydrogen-bond acceptors (Lipinski definition) is 3. The number of halogens is 3. The molecule has 0 aromatic heterocycles. The smallest absolute Gasteiger partial charge is 0.224 e. The quantitative estimate of drug-likeness (QED) is 0.741. The van der Waals surface area contributed by atoms with Crippen molar-refractivity contribution in [2.75, 3.05) is 20.3 Å². The molecule has 4 nitrogen and oxygen atoms in total. The first kappa shape index (κ1) is 16.5. The van der Waals surface area contributed by atoms with Crippen LogP contribution in [0, 0.1) is 17.5 Å². The number of carbonyl (C=O) groups excluding carboxylic acids is 1. The number of rotatable bonds is 7. The van der Waals surface area contributed by atoms with E-state index in [4.69, 9.17) is 4.74 Å². The Morgan fingerprint density at radius 1 is 1.30 bits per heavy atom. The van der Waals surface area contributed by atoms with E-state index in [1.165, 1.54) is 7.11 Å². The number of ether oxygens (including phenoxy) is 1. The van der Waals surface area contributed by atoms with Crippen LogP contribution in [0.25, 0.3) is 0 Å². The van der Waals surface area contributed by atoms with Gasteiger partial charge in [-0.3, -0.25) is 4.79 Å². The first-order valence-corrected chi connectivity index (χ1v) is 6.01. The molecular formula is C13H16F3NO3. The van der Waals surface area contributed by atoms with Crippen LogP contribution in [0.2, 0.25) is 0 Å². The number of aliphatic hydroxyl groups excluding tert-OH is 1. The summed E-state index contributed by atoms with van der Waals surface area (Å²) in [5.41, 5.74) is -0.223. The monoisotopic (exact) mass is 291 g/mol. The molecule has 0 aliphatic rings. The number of amides is 1. The minimum absolute atomic E-state index is 0.146. The van der Waals surface area contributed by atoms with E-state index in [2.05, 4.69) is 5.32 Å². The van der Waals surface area contributed by atoms with E-state index in [-0.39, 0.29) is 25.1 Å². The second-order valence-electron chi connectivity index (χ2n) is 4.28. The standard InChI is InChI=1S/C13H16F3NO3/c1-20-7-9(18)2-3-17-13(19)5-8-4-11(15)12(16)6-10(8)14/h4,6,9,18H,2-3,5,7H2,1H3,(H,17,19). The summed E-state index contributed by atoms with van der Waals surface area (Å²) < 4.78 is 43.6. The molecule has 0 saturated carbocycles. The molecular weight excluding hydrogens is 275 g/mol. The van der Waals surface area contributed by atoms with Crippen LogP contribution in [-0.2, 0) is 16.0 Å². The number of methoxy groups -OCH3 is 1. The topological polar surface area (TPSA) is 58.6 Å². The van der Waals surface area contributed by atoms with Gasteiger partial charge >= 0.3 is 0 Å². The van der Waals surface area contributed by atoms with Crippen molar-refractivity contribution in [1.29, 1.82) is 0 Å². The zero-order valence-electron chi connectivity index (χ0n) is 11.0. The maximum Gasteiger partial charge on any atom is 0.224 e. The van der Waals surface area contributed by atoms with Gasteiger partial charge in [-0.2, -0.15) is 0 Å². The molecule has 0 saturated heterocycles. The summed E-state index contributed by atoms with van der Waals surface area (Å²) in [6.07, 6.45) is -0.830. The van der Waals surface area contributed by atoms with E-state index in [0.717, 1.165) is 0 Å². The Labute approximate surface area is 114 Å². The van der Waals surface area contributed by atoms with Crippen molar-refractivity contribution < 1.29 is 27.8 Å². The summed E-state index contributed by atoms with van der Waals surface area (Å²) in [5.74, 6) is -4.02. The lowest BCUT2D eigenvalue weighted by Crippen LogP contribution is -2.29. The number of aliphatic hydroxyl groups is 1. The number of benzene rings is 1. The van der Waals surface area contributed by atoms with Crippen molar-refractivity contribution in [2.45, 2.75) is 18.9 Å². The van der Waals surface area contributed by atoms with Gasteiger partial charge in [-0.05, 0) is 12.5 Å². The molecule has 0 heterocycles. The Morgan fingerprint density at radius 2 is 1.95 bits per heavy atom. The van der Waals surface area contributed by atoms with E-state index in [1.54, 1.807) is 0 Å². The van der Waals surface area contributed by atoms with Crippen LogP contribution in [-0.4, -0.2) is 37.4 Å². The zero-order chi connectivity index (χ0) is 15.1. The lowest BCUT2D eigenvalue weighted by molar-refractivity contribution is -0.120. The molecule has 112 valence electrons. The SMILES string of the molecule is COCC(O)CCNC(=O)Cc1cc(F)c(F)cc1F. The van der Waals surface area contributed by atoms with E-state index in [0.29, 0.717) is 12.1 Å². The largest absolute Gasteiger partial charge is 0.391 e. The molecule has 2 N–H and O–H groups in total. The minimum atomic E-state index is -1.30. The van der Waals surface area contributed by atoms with Crippen molar-refractivity contribution >= 4 is 5.91 Å². The molecule has 0 spiro atoms. The summed E-state index contributed by atoms with van der Waals surface area (Å²) in [7, 11) is 1.44. The molecule has 0 radical (unpaired) electrons. The summed E-state index contributed by atoms with van der Waals surface area (Å²) >= 11 is 0. The highest BCUT2D eigenvalue weighted by Gasteiger charge is 2.13. The summed E-state index contributed by atoms with van der Waals surface area (Å²) in [6, 6.07) is 1.06. The maximum absolute atomic E-state index is 13.3. The minimum Gasteiger partial charge on any atom is -0.391 e. The Hall–Kier alpha value is -1.60. The lowest BCUT2D eigenvalue weighted by Gasteiger charge is -2.10. The third-order valence-corrected chi connectivity index (χ3v) is 2.60. The van der Waals surface area contributed by atoms with Gasteiger partial charge in [-0.1, -0.05) is 0 Å². The lowest BCUT2D eigenvalue weighted by atomic mass is 10.1. The number of carbonyl (C=O) groups is 1. The third-order valence-electron chi connectivity index (χ3n) is 2.60. The van der Waals surface area contributed by atoms with E-state index < -0.39 is 35.9 Å². The highest BCUT2D eigenvalue weighted by Crippen LogP contribution is 2.14. The summed E-state index contributed by atoms with van der Waals surface area (Å²) in [5, 5.41) is 11.8. The molecule has 0 bridgehead atoms. The fourth-order valence-electron chi connectivity index (χ4n) is 1.59. The Bertz CT molecular complexity index is 468. The van der Waals surface area contributed by atoms with Crippen LogP contribution >= 0.6 is 0 Å². The van der Waals surface area contributed by atoms with Gasteiger partial charge in [0.2, 0.25) is 5.91 Å². The third kappa shape index (κ3) is 5.18. The van der Waals surface area contributed by atoms with Crippen molar-refractivity contribution in [1.82, 2.24) is 5.32 Å². The number of hydrogen-bond donors (Lipinski definition) is 2. The average molecular weight is 291 g/mol. The van der Waals surface area contributed by atoms with Crippen molar-refractivity contribution in [2.24, 2.45) is 0 Å². The van der Waals surface area contributed by atoms with Gasteiger partial charge in [0, 0.05) is 25.3 Å². The van der Waals surface area contributed by atoms with Crippen LogP contribution in [0.5, 0.6) is 0 Å². The van der Waals surface area contributed by atoms with E-state index >= 15 is 0 Å². The molecule has 1 unspecified atom stereocenters. The van der Waals surface area contributed by atoms with Crippen molar-refractivity contribution in [3.05, 3.63) is 35.1 Å². The highest BCUT2D eigenvalue weighted by molar-refractivity contribution is 5.78. The van der Waals surface area contributed by atoms with E-state index in [9.17, 15) is 23.1 Å². The molecule has 1 aromatic rings. The normalized spacial score (nSPS) is 12.2. The highest BCUT2D eigenvalue weighted by atomic mass is 19.2. The molecule has 1 aromatic carbocycles. The molecule has 1 amide bonds. The molecule has 0 aliphatic heterocycles. The van der Waals surface area contributed by atoms with Crippen molar-refractivity contribution in [3.8, 4) is 0 Å². The Kier molecular flexibility index (Phi) is 6.47. The number of nitrogens with one attached hydrogen (secondary N) is 1. The molecule has 1 rings (SSSR count). The first-order valence-electron chi connectivity index (χ1n) is 6.01. The van der Waals surface area contributed by atoms with Crippen LogP contribution in [0.3, 0.4) is 0 Å². The first-order chi connectivity index (χ1) is 9.43. The van der Waals surface area contributed by atoms with Gasteiger partial charge < -0.3 is 15.2 Å². The van der Waals surface area contributed by atoms with Gasteiger partial charge in [0.15, 0.2) is 11.6 Å². The second-order valence-corrected chi connectivity index (χ2v) is 4.28. The van der Waals surface area contributed by atoms with Crippen LogP contribution < -0.4 is 5.32 Å². The van der Waals surface area contributed by atoms with E-state index in [1.807, 2.05) is 0 Å². The molecule has 0 aliphatic carbocycles. The molecule has 0 fully saturated rings. The van der Waals surface area contributed by atoms with Crippen LogP contribution in [0.15, 0.2) is 12.1 Å². The van der Waals surface area contributed by atoms with Gasteiger partial charge in [-0.15, -0.1) is 0 Å². The zero-order valence-corrected chi connectivity index (χ0v) is 11.0. The predicted molar refractivity (Wildman–Crippen MR) is 65.5 cm³/mol. The molecule has 20 heavy (non-hydrogen) atoms. The Balaban J connectivity index is 2.45. The van der Waals surface area contributed by atoms with Crippen LogP contribution in [0.1, 0.15) is 12.0 Å². The van der Waals surface area contributed by atoms with Crippen molar-refractivity contribution in [3.63, 3.8) is 0 Å². The summed E-state index contributed by atoms with van der Waals surface area (Å²) in [4.78, 5) is 11.5. The van der Waals surface area contributed by atoms with Gasteiger partial charge in [0.05, 0.1) is 19.1 Å². The fourth-order valence-corrected chi connectivity index (χ4v) is 1.59. The van der Waals surface area contributed by atoms with Gasteiger partial charge in [-0.25, -0.2) is 13.2 Å². The van der Waals surface area contributed by atoms with Gasteiger partial charge in [0.1, 0.15) is 5.82 Å². The average Bonchev–Trinajstić information content (AvgIpc) is 2.36. The molecule has 7 heteroatoms. The predicted octanol–water partition coefficient (Wildman–Crippen LogP) is 1.16. The fraction of sp³-hybridized carbons (Fsp3) is 0.462. The van der Waals surface area contributed by atoms with Gasteiger partial charge in [0.25, 0.3) is 0 Å². The summed E-state index contributed by atoms with van der Waals surface area (Å²) in [6.45, 7) is 0.322. The second kappa shape index (κ2) is 7.86. The Morgan fingerprint density at radius 3 is 2.60 bits per heavy atom. The van der Waals surface area contributed by atoms with Crippen LogP contribution in [0.4, 0.5) is 13.2 Å². The maximum atomic E-state index is 13.3.